The third-order valence-corrected chi connectivity index (χ3v) is 4.07. The lowest BCUT2D eigenvalue weighted by atomic mass is 10.1. The van der Waals surface area contributed by atoms with E-state index in [4.69, 9.17) is 4.74 Å². The SMILES string of the molecule is CCCOc1c(-c2ccccc2)n(C)[n+](C)c1-c1ccccc1. The van der Waals surface area contributed by atoms with Crippen molar-refractivity contribution in [2.24, 2.45) is 14.1 Å². The Hall–Kier alpha value is -2.55. The zero-order chi connectivity index (χ0) is 16.2. The van der Waals surface area contributed by atoms with Crippen molar-refractivity contribution in [1.29, 1.82) is 0 Å². The molecular weight excluding hydrogens is 284 g/mol. The zero-order valence-corrected chi connectivity index (χ0v) is 14.0. The van der Waals surface area contributed by atoms with Gasteiger partial charge in [-0.05, 0) is 18.6 Å². The van der Waals surface area contributed by atoms with Crippen molar-refractivity contribution in [2.45, 2.75) is 13.3 Å². The van der Waals surface area contributed by atoms with Crippen LogP contribution in [0.4, 0.5) is 0 Å². The maximum Gasteiger partial charge on any atom is 0.280 e. The zero-order valence-electron chi connectivity index (χ0n) is 14.0. The molecule has 0 aliphatic carbocycles. The number of hydrogen-bond acceptors (Lipinski definition) is 1. The van der Waals surface area contributed by atoms with E-state index in [1.54, 1.807) is 0 Å². The van der Waals surface area contributed by atoms with Crippen LogP contribution < -0.4 is 9.42 Å². The molecule has 0 saturated heterocycles. The van der Waals surface area contributed by atoms with Crippen LogP contribution in [0, 0.1) is 0 Å². The highest BCUT2D eigenvalue weighted by Gasteiger charge is 2.29. The highest BCUT2D eigenvalue weighted by Crippen LogP contribution is 2.37. The van der Waals surface area contributed by atoms with E-state index in [0.29, 0.717) is 6.61 Å². The van der Waals surface area contributed by atoms with Crippen LogP contribution in [0.15, 0.2) is 60.7 Å². The van der Waals surface area contributed by atoms with Gasteiger partial charge in [-0.3, -0.25) is 0 Å². The van der Waals surface area contributed by atoms with Crippen LogP contribution in [0.3, 0.4) is 0 Å². The maximum atomic E-state index is 6.19. The second-order valence-electron chi connectivity index (χ2n) is 5.65. The summed E-state index contributed by atoms with van der Waals surface area (Å²) in [4.78, 5) is 0. The Morgan fingerprint density at radius 3 is 2.04 bits per heavy atom. The number of benzene rings is 2. The van der Waals surface area contributed by atoms with Crippen molar-refractivity contribution in [1.82, 2.24) is 4.68 Å². The van der Waals surface area contributed by atoms with Crippen molar-refractivity contribution >= 4 is 0 Å². The first kappa shape index (κ1) is 15.3. The predicted molar refractivity (Wildman–Crippen MR) is 93.2 cm³/mol. The Kier molecular flexibility index (Phi) is 4.47. The molecule has 0 fully saturated rings. The normalized spacial score (nSPS) is 10.7. The summed E-state index contributed by atoms with van der Waals surface area (Å²) in [5.74, 6) is 0.953. The van der Waals surface area contributed by atoms with Gasteiger partial charge >= 0.3 is 0 Å². The molecule has 118 valence electrons. The number of nitrogens with zero attached hydrogens (tertiary/aromatic N) is 2. The first-order chi connectivity index (χ1) is 11.2. The van der Waals surface area contributed by atoms with Gasteiger partial charge < -0.3 is 4.74 Å². The molecule has 0 atom stereocenters. The van der Waals surface area contributed by atoms with Gasteiger partial charge in [0.2, 0.25) is 5.75 Å². The molecule has 1 heterocycles. The quantitative estimate of drug-likeness (QED) is 0.652. The van der Waals surface area contributed by atoms with Gasteiger partial charge in [0.1, 0.15) is 0 Å². The lowest BCUT2D eigenvalue weighted by Crippen LogP contribution is -2.39. The van der Waals surface area contributed by atoms with E-state index in [1.807, 2.05) is 12.1 Å². The van der Waals surface area contributed by atoms with Crippen LogP contribution in [-0.4, -0.2) is 11.3 Å². The van der Waals surface area contributed by atoms with Gasteiger partial charge in [0.25, 0.3) is 5.69 Å². The fourth-order valence-corrected chi connectivity index (χ4v) is 2.87. The van der Waals surface area contributed by atoms with Gasteiger partial charge in [0.15, 0.2) is 12.7 Å². The standard InChI is InChI=1S/C20H23N2O/c1-4-15-23-20-18(16-11-7-5-8-12-16)21(2)22(3)19(20)17-13-9-6-10-14-17/h5-14H,4,15H2,1-3H3/q+1. The summed E-state index contributed by atoms with van der Waals surface area (Å²) in [5.41, 5.74) is 4.55. The van der Waals surface area contributed by atoms with Crippen molar-refractivity contribution in [3.05, 3.63) is 60.7 Å². The van der Waals surface area contributed by atoms with Gasteiger partial charge in [-0.2, -0.15) is 4.68 Å². The second kappa shape index (κ2) is 6.69. The number of hydrogen-bond donors (Lipinski definition) is 0. The molecular formula is C20H23N2O+. The van der Waals surface area contributed by atoms with Crippen molar-refractivity contribution in [2.75, 3.05) is 6.61 Å². The van der Waals surface area contributed by atoms with Crippen LogP contribution in [0.5, 0.6) is 5.75 Å². The molecule has 0 unspecified atom stereocenters. The molecule has 2 aromatic carbocycles. The summed E-state index contributed by atoms with van der Waals surface area (Å²) in [7, 11) is 4.15. The van der Waals surface area contributed by atoms with Crippen LogP contribution in [0.1, 0.15) is 13.3 Å². The minimum absolute atomic E-state index is 0.712. The van der Waals surface area contributed by atoms with Crippen LogP contribution in [0.2, 0.25) is 0 Å². The Morgan fingerprint density at radius 2 is 1.48 bits per heavy atom. The molecule has 3 aromatic rings. The average molecular weight is 307 g/mol. The van der Waals surface area contributed by atoms with E-state index in [0.717, 1.165) is 23.6 Å². The number of ether oxygens (including phenoxy) is 1. The van der Waals surface area contributed by atoms with Crippen molar-refractivity contribution in [3.63, 3.8) is 0 Å². The van der Waals surface area contributed by atoms with Crippen molar-refractivity contribution in [3.8, 4) is 28.3 Å². The predicted octanol–water partition coefficient (Wildman–Crippen LogP) is 3.97. The lowest BCUT2D eigenvalue weighted by molar-refractivity contribution is -0.740. The Balaban J connectivity index is 2.24. The third-order valence-electron chi connectivity index (χ3n) is 4.07. The molecule has 3 rings (SSSR count). The molecule has 3 heteroatoms. The minimum atomic E-state index is 0.712. The summed E-state index contributed by atoms with van der Waals surface area (Å²) in [6.45, 7) is 2.84. The van der Waals surface area contributed by atoms with E-state index in [1.165, 1.54) is 11.1 Å². The van der Waals surface area contributed by atoms with E-state index in [-0.39, 0.29) is 0 Å². The van der Waals surface area contributed by atoms with E-state index in [9.17, 15) is 0 Å². The second-order valence-corrected chi connectivity index (χ2v) is 5.65. The molecule has 0 amide bonds. The van der Waals surface area contributed by atoms with Crippen LogP contribution in [0.25, 0.3) is 22.5 Å². The van der Waals surface area contributed by atoms with E-state index < -0.39 is 0 Å². The molecule has 0 spiro atoms. The van der Waals surface area contributed by atoms with Gasteiger partial charge in [0.05, 0.1) is 19.2 Å². The van der Waals surface area contributed by atoms with Gasteiger partial charge in [-0.1, -0.05) is 55.5 Å². The Labute approximate surface area is 137 Å². The molecule has 23 heavy (non-hydrogen) atoms. The molecule has 0 bridgehead atoms. The van der Waals surface area contributed by atoms with Gasteiger partial charge in [-0.25, -0.2) is 0 Å². The summed E-state index contributed by atoms with van der Waals surface area (Å²) in [6, 6.07) is 20.8. The van der Waals surface area contributed by atoms with Crippen LogP contribution in [-0.2, 0) is 14.1 Å². The summed E-state index contributed by atoms with van der Waals surface area (Å²) < 4.78 is 10.5. The molecule has 0 saturated carbocycles. The first-order valence-electron chi connectivity index (χ1n) is 8.06. The fourth-order valence-electron chi connectivity index (χ4n) is 2.87. The average Bonchev–Trinajstić information content (AvgIpc) is 2.85. The smallest absolute Gasteiger partial charge is 0.280 e. The molecule has 3 nitrogen and oxygen atoms in total. The lowest BCUT2D eigenvalue weighted by Gasteiger charge is -2.06. The molecule has 1 aromatic heterocycles. The van der Waals surface area contributed by atoms with E-state index in [2.05, 4.69) is 78.9 Å². The summed E-state index contributed by atoms with van der Waals surface area (Å²) in [5, 5.41) is 0. The summed E-state index contributed by atoms with van der Waals surface area (Å²) in [6.07, 6.45) is 0.987. The van der Waals surface area contributed by atoms with Gasteiger partial charge in [-0.15, -0.1) is 4.68 Å². The topological polar surface area (TPSA) is 18.0 Å². The largest absolute Gasteiger partial charge is 0.485 e. The minimum Gasteiger partial charge on any atom is -0.485 e. The molecule has 0 N–H and O–H groups in total. The fraction of sp³-hybridized carbons (Fsp3) is 0.250. The summed E-state index contributed by atoms with van der Waals surface area (Å²) >= 11 is 0. The van der Waals surface area contributed by atoms with Gasteiger partial charge in [0, 0.05) is 5.56 Å². The highest BCUT2D eigenvalue weighted by atomic mass is 16.5. The maximum absolute atomic E-state index is 6.19. The Bertz CT molecular complexity index is 713. The molecule has 0 aliphatic rings. The number of rotatable bonds is 5. The van der Waals surface area contributed by atoms with Crippen molar-refractivity contribution < 1.29 is 9.42 Å². The number of aromatic nitrogens is 2. The first-order valence-corrected chi connectivity index (χ1v) is 8.06. The van der Waals surface area contributed by atoms with Crippen LogP contribution >= 0.6 is 0 Å². The third kappa shape index (κ3) is 2.87. The van der Waals surface area contributed by atoms with E-state index >= 15 is 0 Å². The molecule has 0 aliphatic heterocycles. The molecule has 0 radical (unpaired) electrons. The monoisotopic (exact) mass is 307 g/mol. The highest BCUT2D eigenvalue weighted by molar-refractivity contribution is 5.76. The Morgan fingerprint density at radius 1 is 0.913 bits per heavy atom.